The molecule has 0 saturated heterocycles. The van der Waals surface area contributed by atoms with Crippen molar-refractivity contribution in [3.8, 4) is 0 Å². The quantitative estimate of drug-likeness (QED) is 0.518. The number of carbonyl (C=O) groups excluding carboxylic acids is 3. The highest BCUT2D eigenvalue weighted by Crippen LogP contribution is 2.30. The molecule has 0 spiro atoms. The fourth-order valence-corrected chi connectivity index (χ4v) is 4.95. The first-order chi connectivity index (χ1) is 16.3. The van der Waals surface area contributed by atoms with Crippen LogP contribution in [0.5, 0.6) is 0 Å². The maximum atomic E-state index is 13.7. The maximum absolute atomic E-state index is 13.7. The SMILES string of the molecule is CCOC(=O)c1cc2n(n1)C[C@@](C)(C(=O)NC1CCCCCC1)N(Cc1cccc(C)c1)C2=O. The molecule has 34 heavy (non-hydrogen) atoms. The van der Waals surface area contributed by atoms with Crippen LogP contribution in [-0.4, -0.2) is 50.7 Å². The Bertz CT molecular complexity index is 1070. The third-order valence-electron chi connectivity index (χ3n) is 6.88. The van der Waals surface area contributed by atoms with Gasteiger partial charge < -0.3 is 15.0 Å². The summed E-state index contributed by atoms with van der Waals surface area (Å²) in [7, 11) is 0. The number of nitrogens with zero attached hydrogens (tertiary/aromatic N) is 3. The van der Waals surface area contributed by atoms with Gasteiger partial charge in [0.05, 0.1) is 13.2 Å². The van der Waals surface area contributed by atoms with E-state index in [1.165, 1.54) is 23.6 Å². The summed E-state index contributed by atoms with van der Waals surface area (Å²) in [5, 5.41) is 7.56. The van der Waals surface area contributed by atoms with Gasteiger partial charge in [-0.05, 0) is 39.2 Å². The lowest BCUT2D eigenvalue weighted by atomic mass is 9.93. The first kappa shape index (κ1) is 24.0. The van der Waals surface area contributed by atoms with E-state index in [9.17, 15) is 14.4 Å². The van der Waals surface area contributed by atoms with Crippen LogP contribution in [0.3, 0.4) is 0 Å². The van der Waals surface area contributed by atoms with E-state index in [0.717, 1.165) is 36.8 Å². The van der Waals surface area contributed by atoms with E-state index in [2.05, 4.69) is 10.4 Å². The van der Waals surface area contributed by atoms with E-state index < -0.39 is 11.5 Å². The highest BCUT2D eigenvalue weighted by molar-refractivity contribution is 6.01. The van der Waals surface area contributed by atoms with Gasteiger partial charge in [0.2, 0.25) is 5.91 Å². The number of aryl methyl sites for hydroxylation is 1. The number of ether oxygens (including phenoxy) is 1. The van der Waals surface area contributed by atoms with Gasteiger partial charge in [-0.2, -0.15) is 5.10 Å². The molecule has 2 aromatic rings. The number of rotatable bonds is 6. The number of esters is 1. The third-order valence-corrected chi connectivity index (χ3v) is 6.88. The van der Waals surface area contributed by atoms with Crippen molar-refractivity contribution >= 4 is 17.8 Å². The first-order valence-electron chi connectivity index (χ1n) is 12.3. The van der Waals surface area contributed by atoms with Crippen molar-refractivity contribution in [2.24, 2.45) is 0 Å². The molecule has 0 radical (unpaired) electrons. The molecule has 0 unspecified atom stereocenters. The Morgan fingerprint density at radius 2 is 1.91 bits per heavy atom. The van der Waals surface area contributed by atoms with Crippen molar-refractivity contribution in [3.05, 3.63) is 52.8 Å². The molecule has 8 heteroatoms. The van der Waals surface area contributed by atoms with E-state index in [-0.39, 0.29) is 48.9 Å². The molecule has 0 bridgehead atoms. The van der Waals surface area contributed by atoms with Gasteiger partial charge >= 0.3 is 5.97 Å². The summed E-state index contributed by atoms with van der Waals surface area (Å²) in [5.41, 5.74) is 1.24. The van der Waals surface area contributed by atoms with Crippen molar-refractivity contribution in [2.45, 2.75) is 84.0 Å². The summed E-state index contributed by atoms with van der Waals surface area (Å²) >= 11 is 0. The van der Waals surface area contributed by atoms with Gasteiger partial charge in [-0.25, -0.2) is 4.79 Å². The molecular formula is C26H34N4O4. The van der Waals surface area contributed by atoms with Gasteiger partial charge in [0.15, 0.2) is 5.69 Å². The molecular weight excluding hydrogens is 432 g/mol. The second-order valence-electron chi connectivity index (χ2n) is 9.61. The van der Waals surface area contributed by atoms with Crippen LogP contribution in [0.4, 0.5) is 0 Å². The predicted octanol–water partition coefficient (Wildman–Crippen LogP) is 3.62. The number of nitrogens with one attached hydrogen (secondary N) is 1. The highest BCUT2D eigenvalue weighted by atomic mass is 16.5. The normalized spacial score (nSPS) is 21.0. The number of aromatic nitrogens is 2. The number of amides is 2. The molecule has 4 rings (SSSR count). The fourth-order valence-electron chi connectivity index (χ4n) is 4.95. The minimum absolute atomic E-state index is 0.0779. The molecule has 8 nitrogen and oxygen atoms in total. The molecule has 1 aromatic carbocycles. The lowest BCUT2D eigenvalue weighted by Crippen LogP contribution is -2.64. The van der Waals surface area contributed by atoms with Crippen LogP contribution in [0.15, 0.2) is 30.3 Å². The van der Waals surface area contributed by atoms with Gasteiger partial charge in [-0.1, -0.05) is 55.5 Å². The van der Waals surface area contributed by atoms with Crippen molar-refractivity contribution < 1.29 is 19.1 Å². The molecule has 1 aromatic heterocycles. The minimum Gasteiger partial charge on any atom is -0.461 e. The number of hydrogen-bond donors (Lipinski definition) is 1. The maximum Gasteiger partial charge on any atom is 0.358 e. The third kappa shape index (κ3) is 4.86. The molecule has 1 atom stereocenters. The average Bonchev–Trinajstić information content (AvgIpc) is 3.05. The summed E-state index contributed by atoms with van der Waals surface area (Å²) < 4.78 is 6.55. The Kier molecular flexibility index (Phi) is 7.05. The lowest BCUT2D eigenvalue weighted by molar-refractivity contribution is -0.134. The summed E-state index contributed by atoms with van der Waals surface area (Å²) in [5.74, 6) is -1.08. The topological polar surface area (TPSA) is 93.5 Å². The number of carbonyl (C=O) groups is 3. The molecule has 1 aliphatic carbocycles. The van der Waals surface area contributed by atoms with Gasteiger partial charge in [-0.3, -0.25) is 14.3 Å². The minimum atomic E-state index is -1.15. The number of fused-ring (bicyclic) bond motifs is 1. The highest BCUT2D eigenvalue weighted by Gasteiger charge is 2.48. The molecule has 2 aliphatic rings. The van der Waals surface area contributed by atoms with Gasteiger partial charge in [0, 0.05) is 18.7 Å². The van der Waals surface area contributed by atoms with Crippen LogP contribution in [0.2, 0.25) is 0 Å². The molecule has 2 amide bonds. The van der Waals surface area contributed by atoms with Crippen LogP contribution in [-0.2, 0) is 22.6 Å². The Morgan fingerprint density at radius 1 is 1.18 bits per heavy atom. The van der Waals surface area contributed by atoms with Crippen LogP contribution in [0, 0.1) is 6.92 Å². The summed E-state index contributed by atoms with van der Waals surface area (Å²) in [6.07, 6.45) is 6.48. The van der Waals surface area contributed by atoms with Crippen molar-refractivity contribution in [2.75, 3.05) is 6.61 Å². The van der Waals surface area contributed by atoms with Crippen molar-refractivity contribution in [1.29, 1.82) is 0 Å². The van der Waals surface area contributed by atoms with Gasteiger partial charge in [-0.15, -0.1) is 0 Å². The zero-order valence-electron chi connectivity index (χ0n) is 20.3. The van der Waals surface area contributed by atoms with E-state index >= 15 is 0 Å². The monoisotopic (exact) mass is 466 g/mol. The van der Waals surface area contributed by atoms with Gasteiger partial charge in [0.25, 0.3) is 5.91 Å². The molecule has 1 aliphatic heterocycles. The Hall–Kier alpha value is -3.16. The van der Waals surface area contributed by atoms with E-state index in [4.69, 9.17) is 4.74 Å². The second kappa shape index (κ2) is 9.99. The van der Waals surface area contributed by atoms with Crippen molar-refractivity contribution in [1.82, 2.24) is 20.0 Å². The van der Waals surface area contributed by atoms with Crippen molar-refractivity contribution in [3.63, 3.8) is 0 Å². The summed E-state index contributed by atoms with van der Waals surface area (Å²) in [4.78, 5) is 41.3. The predicted molar refractivity (Wildman–Crippen MR) is 127 cm³/mol. The standard InChI is InChI=1S/C26H34N4O4/c1-4-34-24(32)21-15-22-23(31)29(16-19-11-9-10-18(2)14-19)26(3,17-30(22)28-21)25(33)27-20-12-7-5-6-8-13-20/h9-11,14-15,20H,4-8,12-13,16-17H2,1-3H3,(H,27,33)/t26-/m0/s1. The van der Waals surface area contributed by atoms with Crippen LogP contribution in [0.25, 0.3) is 0 Å². The average molecular weight is 467 g/mol. The van der Waals surface area contributed by atoms with E-state index in [0.29, 0.717) is 0 Å². The van der Waals surface area contributed by atoms with Gasteiger partial charge in [0.1, 0.15) is 11.2 Å². The van der Waals surface area contributed by atoms with E-state index in [1.54, 1.807) is 18.7 Å². The molecule has 2 heterocycles. The number of benzene rings is 1. The van der Waals surface area contributed by atoms with Crippen LogP contribution < -0.4 is 5.32 Å². The zero-order chi connectivity index (χ0) is 24.3. The van der Waals surface area contributed by atoms with E-state index in [1.807, 2.05) is 31.2 Å². The first-order valence-corrected chi connectivity index (χ1v) is 12.3. The Balaban J connectivity index is 1.68. The summed E-state index contributed by atoms with van der Waals surface area (Å²) in [6, 6.07) is 9.50. The largest absolute Gasteiger partial charge is 0.461 e. The second-order valence-corrected chi connectivity index (χ2v) is 9.61. The number of hydrogen-bond acceptors (Lipinski definition) is 5. The van der Waals surface area contributed by atoms with Crippen LogP contribution >= 0.6 is 0 Å². The van der Waals surface area contributed by atoms with Crippen LogP contribution in [0.1, 0.15) is 84.5 Å². The smallest absolute Gasteiger partial charge is 0.358 e. The molecule has 1 saturated carbocycles. The summed E-state index contributed by atoms with van der Waals surface area (Å²) in [6.45, 7) is 6.18. The Labute approximate surface area is 200 Å². The molecule has 1 N–H and O–H groups in total. The zero-order valence-corrected chi connectivity index (χ0v) is 20.3. The fraction of sp³-hybridized carbons (Fsp3) is 0.538. The lowest BCUT2D eigenvalue weighted by Gasteiger charge is -2.44. The molecule has 1 fully saturated rings. The molecule has 182 valence electrons. The Morgan fingerprint density at radius 3 is 2.59 bits per heavy atom.